The summed E-state index contributed by atoms with van der Waals surface area (Å²) in [4.78, 5) is 1.49. The fraction of sp³-hybridized carbons (Fsp3) is 0.765. The Kier molecular flexibility index (Phi) is 4.28. The fourth-order valence-electron chi connectivity index (χ4n) is 4.49. The minimum absolute atomic E-state index is 0.0884. The number of nitrogens with two attached hydrogens (primary N) is 1. The normalized spacial score (nSPS) is 33.4. The van der Waals surface area contributed by atoms with Gasteiger partial charge in [-0.15, -0.1) is 11.3 Å². The first-order valence-corrected chi connectivity index (χ1v) is 8.97. The molecule has 2 N–H and O–H groups in total. The smallest absolute Gasteiger partial charge is 0.0234 e. The summed E-state index contributed by atoms with van der Waals surface area (Å²) < 4.78 is 0. The molecule has 0 spiro atoms. The van der Waals surface area contributed by atoms with Crippen molar-refractivity contribution in [2.24, 2.45) is 17.6 Å². The second-order valence-corrected chi connectivity index (χ2v) is 7.77. The summed E-state index contributed by atoms with van der Waals surface area (Å²) in [5, 5.41) is 2.19. The van der Waals surface area contributed by atoms with Crippen molar-refractivity contribution in [3.8, 4) is 0 Å². The Morgan fingerprint density at radius 1 is 1.11 bits per heavy atom. The summed E-state index contributed by atoms with van der Waals surface area (Å²) in [6, 6.07) is 4.44. The van der Waals surface area contributed by atoms with Crippen LogP contribution in [0.4, 0.5) is 0 Å². The van der Waals surface area contributed by atoms with Crippen molar-refractivity contribution in [3.63, 3.8) is 0 Å². The molecule has 0 bridgehead atoms. The minimum atomic E-state index is 0.0884. The molecule has 2 aliphatic carbocycles. The molecule has 2 fully saturated rings. The lowest BCUT2D eigenvalue weighted by Gasteiger charge is -2.46. The van der Waals surface area contributed by atoms with Gasteiger partial charge in [-0.1, -0.05) is 51.0 Å². The van der Waals surface area contributed by atoms with Crippen molar-refractivity contribution >= 4 is 11.3 Å². The third-order valence-electron chi connectivity index (χ3n) is 5.45. The van der Waals surface area contributed by atoms with Crippen LogP contribution in [0.15, 0.2) is 17.5 Å². The van der Waals surface area contributed by atoms with Gasteiger partial charge < -0.3 is 5.73 Å². The molecule has 2 atom stereocenters. The highest BCUT2D eigenvalue weighted by atomic mass is 32.1. The number of hydrogen-bond acceptors (Lipinski definition) is 2. The van der Waals surface area contributed by atoms with E-state index in [1.54, 1.807) is 0 Å². The summed E-state index contributed by atoms with van der Waals surface area (Å²) in [6.07, 6.45) is 13.7. The van der Waals surface area contributed by atoms with E-state index in [4.69, 9.17) is 5.73 Å². The van der Waals surface area contributed by atoms with Gasteiger partial charge in [0, 0.05) is 16.8 Å². The van der Waals surface area contributed by atoms with Gasteiger partial charge in [0.25, 0.3) is 0 Å². The lowest BCUT2D eigenvalue weighted by molar-refractivity contribution is 0.100. The predicted molar refractivity (Wildman–Crippen MR) is 83.5 cm³/mol. The van der Waals surface area contributed by atoms with Gasteiger partial charge in [-0.25, -0.2) is 0 Å². The van der Waals surface area contributed by atoms with Crippen molar-refractivity contribution < 1.29 is 0 Å². The van der Waals surface area contributed by atoms with Gasteiger partial charge in [0.1, 0.15) is 0 Å². The molecule has 106 valence electrons. The quantitative estimate of drug-likeness (QED) is 0.847. The van der Waals surface area contributed by atoms with Crippen LogP contribution < -0.4 is 5.73 Å². The number of thiophene rings is 1. The molecule has 0 aromatic carbocycles. The molecule has 1 heterocycles. The van der Waals surface area contributed by atoms with E-state index < -0.39 is 0 Å². The highest BCUT2D eigenvalue weighted by Gasteiger charge is 2.41. The van der Waals surface area contributed by atoms with Crippen LogP contribution in [-0.2, 0) is 6.42 Å². The zero-order valence-corrected chi connectivity index (χ0v) is 12.8. The molecule has 0 radical (unpaired) electrons. The highest BCUT2D eigenvalue weighted by Crippen LogP contribution is 2.44. The maximum atomic E-state index is 6.93. The Bertz CT molecular complexity index is 380. The summed E-state index contributed by atoms with van der Waals surface area (Å²) in [5.74, 6) is 1.70. The van der Waals surface area contributed by atoms with Crippen molar-refractivity contribution in [3.05, 3.63) is 22.4 Å². The standard InChI is InChI=1S/C17H27NS/c18-17(13-15-9-6-12-19-15)11-5-4-10-16(17)14-7-2-1-3-8-14/h6,9,12,14,16H,1-5,7-8,10-11,13,18H2. The molecule has 2 heteroatoms. The van der Waals surface area contributed by atoms with E-state index in [0.717, 1.165) is 18.3 Å². The van der Waals surface area contributed by atoms with Crippen molar-refractivity contribution in [1.29, 1.82) is 0 Å². The molecule has 1 aromatic heterocycles. The first kappa shape index (κ1) is 13.6. The maximum Gasteiger partial charge on any atom is 0.0234 e. The van der Waals surface area contributed by atoms with Crippen molar-refractivity contribution in [2.45, 2.75) is 69.7 Å². The Labute approximate surface area is 121 Å². The first-order chi connectivity index (χ1) is 9.28. The molecule has 1 aromatic rings. The maximum absolute atomic E-state index is 6.93. The second-order valence-electron chi connectivity index (χ2n) is 6.74. The summed E-state index contributed by atoms with van der Waals surface area (Å²) in [5.41, 5.74) is 7.02. The highest BCUT2D eigenvalue weighted by molar-refractivity contribution is 7.09. The van der Waals surface area contributed by atoms with E-state index in [0.29, 0.717) is 0 Å². The van der Waals surface area contributed by atoms with E-state index in [2.05, 4.69) is 17.5 Å². The van der Waals surface area contributed by atoms with Gasteiger partial charge in [-0.05, 0) is 36.1 Å². The van der Waals surface area contributed by atoms with Gasteiger partial charge in [-0.2, -0.15) is 0 Å². The van der Waals surface area contributed by atoms with Crippen LogP contribution in [-0.4, -0.2) is 5.54 Å². The van der Waals surface area contributed by atoms with E-state index >= 15 is 0 Å². The lowest BCUT2D eigenvalue weighted by atomic mass is 9.63. The Morgan fingerprint density at radius 2 is 1.89 bits per heavy atom. The molecule has 3 rings (SSSR count). The van der Waals surface area contributed by atoms with Crippen LogP contribution in [0.5, 0.6) is 0 Å². The molecule has 1 nitrogen and oxygen atoms in total. The van der Waals surface area contributed by atoms with Crippen LogP contribution in [0.1, 0.15) is 62.7 Å². The van der Waals surface area contributed by atoms with E-state index in [1.165, 1.54) is 62.7 Å². The van der Waals surface area contributed by atoms with Crippen LogP contribution in [0.3, 0.4) is 0 Å². The topological polar surface area (TPSA) is 26.0 Å². The molecule has 0 amide bonds. The van der Waals surface area contributed by atoms with Crippen LogP contribution in [0.2, 0.25) is 0 Å². The predicted octanol–water partition coefficient (Wildman–Crippen LogP) is 4.76. The Balaban J connectivity index is 1.75. The molecule has 19 heavy (non-hydrogen) atoms. The monoisotopic (exact) mass is 277 g/mol. The number of rotatable bonds is 3. The van der Waals surface area contributed by atoms with Gasteiger partial charge >= 0.3 is 0 Å². The van der Waals surface area contributed by atoms with Gasteiger partial charge in [0.2, 0.25) is 0 Å². The molecule has 0 aliphatic heterocycles. The zero-order valence-electron chi connectivity index (χ0n) is 11.9. The molecular weight excluding hydrogens is 250 g/mol. The molecule has 0 saturated heterocycles. The molecule has 2 aliphatic rings. The van der Waals surface area contributed by atoms with Crippen LogP contribution >= 0.6 is 11.3 Å². The zero-order chi connectivity index (χ0) is 13.1. The van der Waals surface area contributed by atoms with Crippen LogP contribution in [0.25, 0.3) is 0 Å². The van der Waals surface area contributed by atoms with E-state index in [9.17, 15) is 0 Å². The van der Waals surface area contributed by atoms with Gasteiger partial charge in [-0.3, -0.25) is 0 Å². The van der Waals surface area contributed by atoms with Crippen LogP contribution in [0, 0.1) is 11.8 Å². The third kappa shape index (κ3) is 3.05. The second kappa shape index (κ2) is 5.97. The average molecular weight is 277 g/mol. The Morgan fingerprint density at radius 3 is 2.63 bits per heavy atom. The SMILES string of the molecule is NC1(Cc2cccs2)CCCCC1C1CCCCC1. The molecular formula is C17H27NS. The third-order valence-corrected chi connectivity index (χ3v) is 6.32. The van der Waals surface area contributed by atoms with Crippen molar-refractivity contribution in [1.82, 2.24) is 0 Å². The van der Waals surface area contributed by atoms with E-state index in [1.807, 2.05) is 11.3 Å². The minimum Gasteiger partial charge on any atom is -0.325 e. The van der Waals surface area contributed by atoms with E-state index in [-0.39, 0.29) is 5.54 Å². The first-order valence-electron chi connectivity index (χ1n) is 8.09. The summed E-state index contributed by atoms with van der Waals surface area (Å²) >= 11 is 1.88. The summed E-state index contributed by atoms with van der Waals surface area (Å²) in [6.45, 7) is 0. The Hall–Kier alpha value is -0.340. The lowest BCUT2D eigenvalue weighted by Crippen LogP contribution is -2.53. The number of hydrogen-bond donors (Lipinski definition) is 1. The largest absolute Gasteiger partial charge is 0.325 e. The molecule has 2 saturated carbocycles. The van der Waals surface area contributed by atoms with Crippen molar-refractivity contribution in [2.75, 3.05) is 0 Å². The average Bonchev–Trinajstić information content (AvgIpc) is 2.92. The summed E-state index contributed by atoms with van der Waals surface area (Å²) in [7, 11) is 0. The fourth-order valence-corrected chi connectivity index (χ4v) is 5.33. The van der Waals surface area contributed by atoms with Gasteiger partial charge in [0.15, 0.2) is 0 Å². The van der Waals surface area contributed by atoms with Gasteiger partial charge in [0.05, 0.1) is 0 Å². The molecule has 2 unspecified atom stereocenters.